The van der Waals surface area contributed by atoms with Gasteiger partial charge in [-0.2, -0.15) is 13.2 Å². The first-order chi connectivity index (χ1) is 11.0. The lowest BCUT2D eigenvalue weighted by molar-refractivity contribution is -0.773. The van der Waals surface area contributed by atoms with E-state index in [1.54, 1.807) is 19.2 Å². The first-order valence-electron chi connectivity index (χ1n) is 6.66. The van der Waals surface area contributed by atoms with Crippen molar-refractivity contribution in [1.29, 1.82) is 0 Å². The average Bonchev–Trinajstić information content (AvgIpc) is 2.46. The Morgan fingerprint density at radius 2 is 1.88 bits per heavy atom. The van der Waals surface area contributed by atoms with Gasteiger partial charge in [0.1, 0.15) is 12.6 Å². The van der Waals surface area contributed by atoms with E-state index in [0.717, 1.165) is 0 Å². The van der Waals surface area contributed by atoms with Gasteiger partial charge in [-0.1, -0.05) is 4.68 Å². The summed E-state index contributed by atoms with van der Waals surface area (Å²) in [5.74, 6) is -3.81. The van der Waals surface area contributed by atoms with Gasteiger partial charge in [-0.05, 0) is 12.0 Å². The highest BCUT2D eigenvalue weighted by Gasteiger charge is 2.38. The zero-order valence-electron chi connectivity index (χ0n) is 12.9. The molecule has 1 heterocycles. The summed E-state index contributed by atoms with van der Waals surface area (Å²) in [6, 6.07) is 1.38. The van der Waals surface area contributed by atoms with Crippen LogP contribution >= 0.6 is 0 Å². The Balaban J connectivity index is 0.000000640. The van der Waals surface area contributed by atoms with E-state index >= 15 is 0 Å². The lowest BCUT2D eigenvalue weighted by atomic mass is 10.2. The third-order valence-corrected chi connectivity index (χ3v) is 2.50. The Kier molecular flexibility index (Phi) is 8.36. The predicted molar refractivity (Wildman–Crippen MR) is 73.1 cm³/mol. The number of carboxylic acids is 2. The van der Waals surface area contributed by atoms with Crippen molar-refractivity contribution in [2.75, 3.05) is 6.54 Å². The molecule has 0 fully saturated rings. The molecule has 24 heavy (non-hydrogen) atoms. The van der Waals surface area contributed by atoms with E-state index in [-0.39, 0.29) is 18.4 Å². The van der Waals surface area contributed by atoms with Gasteiger partial charge in [-0.15, -0.1) is 0 Å². The second-order valence-corrected chi connectivity index (χ2v) is 4.50. The third-order valence-electron chi connectivity index (χ3n) is 2.50. The van der Waals surface area contributed by atoms with Crippen molar-refractivity contribution in [3.8, 4) is 0 Å². The minimum Gasteiger partial charge on any atom is -0.481 e. The molecule has 134 valence electrons. The first-order valence-corrected chi connectivity index (χ1v) is 6.66. The van der Waals surface area contributed by atoms with Crippen LogP contribution in [0.3, 0.4) is 0 Å². The molecule has 1 aromatic heterocycles. The Labute approximate surface area is 134 Å². The van der Waals surface area contributed by atoms with E-state index in [1.807, 2.05) is 6.92 Å². The van der Waals surface area contributed by atoms with Gasteiger partial charge in [0, 0.05) is 19.5 Å². The zero-order chi connectivity index (χ0) is 18.9. The molecular weight excluding hydrogens is 335 g/mol. The maximum Gasteiger partial charge on any atom is 0.490 e. The Bertz CT molecular complexity index is 575. The number of rotatable bonds is 5. The molecule has 0 bridgehead atoms. The first kappa shape index (κ1) is 21.3. The number of halogens is 3. The number of hydrogen-bond acceptors (Lipinski definition) is 4. The van der Waals surface area contributed by atoms with Crippen molar-refractivity contribution < 1.29 is 42.4 Å². The van der Waals surface area contributed by atoms with E-state index in [9.17, 15) is 22.8 Å². The van der Waals surface area contributed by atoms with Crippen molar-refractivity contribution >= 4 is 17.8 Å². The molecule has 11 heteroatoms. The molecule has 0 aliphatic carbocycles. The van der Waals surface area contributed by atoms with Crippen LogP contribution in [0.15, 0.2) is 18.5 Å². The fraction of sp³-hybridized carbons (Fsp3) is 0.462. The van der Waals surface area contributed by atoms with Gasteiger partial charge in [0.2, 0.25) is 0 Å². The molecule has 0 aliphatic rings. The standard InChI is InChI=1S/C11H15N3O3.C2HF3O2/c1-3-12-11(17)9-4-5-14(13-7-9)8(2)6-10(15)16;3-2(4,5)1(6)7/h4-5,7-8H,3,6H2,1-2H3,(H-,12,15,16,17);(H,6,7)/p+1. The van der Waals surface area contributed by atoms with E-state index in [0.29, 0.717) is 12.1 Å². The minimum atomic E-state index is -5.08. The maximum absolute atomic E-state index is 11.4. The van der Waals surface area contributed by atoms with Crippen LogP contribution in [-0.2, 0) is 9.59 Å². The highest BCUT2D eigenvalue weighted by Crippen LogP contribution is 2.13. The van der Waals surface area contributed by atoms with Crippen LogP contribution in [0.2, 0.25) is 0 Å². The normalized spacial score (nSPS) is 11.7. The monoisotopic (exact) mass is 352 g/mol. The zero-order valence-corrected chi connectivity index (χ0v) is 12.9. The average molecular weight is 352 g/mol. The molecule has 1 amide bonds. The van der Waals surface area contributed by atoms with Gasteiger partial charge in [0.15, 0.2) is 12.2 Å². The number of aliphatic carboxylic acids is 2. The molecule has 1 unspecified atom stereocenters. The summed E-state index contributed by atoms with van der Waals surface area (Å²) in [5.41, 5.74) is 0.464. The molecule has 0 radical (unpaired) electrons. The lowest BCUT2D eigenvalue weighted by Gasteiger charge is -2.03. The van der Waals surface area contributed by atoms with Crippen LogP contribution in [0, 0.1) is 0 Å². The maximum atomic E-state index is 11.4. The molecule has 1 aromatic rings. The van der Waals surface area contributed by atoms with Gasteiger partial charge in [-0.3, -0.25) is 9.59 Å². The summed E-state index contributed by atoms with van der Waals surface area (Å²) in [7, 11) is 0. The molecule has 0 aliphatic heterocycles. The summed E-state index contributed by atoms with van der Waals surface area (Å²) >= 11 is 0. The molecular formula is C13H17F3N3O5+. The largest absolute Gasteiger partial charge is 0.490 e. The van der Waals surface area contributed by atoms with Crippen molar-refractivity contribution in [3.05, 3.63) is 24.0 Å². The number of hydrogen-bond donors (Lipinski definition) is 3. The molecule has 3 N–H and O–H groups in total. The molecule has 8 nitrogen and oxygen atoms in total. The number of carboxylic acid groups (broad SMARTS) is 2. The van der Waals surface area contributed by atoms with Gasteiger partial charge in [0.05, 0.1) is 5.56 Å². The summed E-state index contributed by atoms with van der Waals surface area (Å²) in [6.45, 7) is 4.15. The second kappa shape index (κ2) is 9.43. The summed E-state index contributed by atoms with van der Waals surface area (Å²) in [6.07, 6.45) is -2.04. The van der Waals surface area contributed by atoms with Crippen LogP contribution in [0.25, 0.3) is 0 Å². The SMILES string of the molecule is CCNC(=O)c1cc[n+](C(C)CC(=O)O)nc1.O=C(O)C(F)(F)F. The summed E-state index contributed by atoms with van der Waals surface area (Å²) in [5, 5.41) is 22.5. The van der Waals surface area contributed by atoms with E-state index in [1.165, 1.54) is 10.9 Å². The van der Waals surface area contributed by atoms with Gasteiger partial charge < -0.3 is 15.5 Å². The van der Waals surface area contributed by atoms with Crippen molar-refractivity contribution in [2.45, 2.75) is 32.5 Å². The van der Waals surface area contributed by atoms with Crippen LogP contribution in [0.4, 0.5) is 13.2 Å². The number of amides is 1. The molecule has 1 rings (SSSR count). The van der Waals surface area contributed by atoms with Crippen molar-refractivity contribution in [1.82, 2.24) is 10.4 Å². The second-order valence-electron chi connectivity index (χ2n) is 4.50. The number of aromatic nitrogens is 2. The fourth-order valence-corrected chi connectivity index (χ4v) is 1.37. The van der Waals surface area contributed by atoms with E-state index in [2.05, 4.69) is 10.4 Å². The van der Waals surface area contributed by atoms with Crippen LogP contribution in [-0.4, -0.2) is 45.9 Å². The number of nitrogens with one attached hydrogen (secondary N) is 1. The Morgan fingerprint density at radius 3 is 2.21 bits per heavy atom. The summed E-state index contributed by atoms with van der Waals surface area (Å²) in [4.78, 5) is 30.9. The van der Waals surface area contributed by atoms with Gasteiger partial charge in [-0.25, -0.2) is 4.79 Å². The smallest absolute Gasteiger partial charge is 0.481 e. The highest BCUT2D eigenvalue weighted by atomic mass is 19.4. The molecule has 1 atom stereocenters. The van der Waals surface area contributed by atoms with Gasteiger partial charge >= 0.3 is 18.1 Å². The Morgan fingerprint density at radius 1 is 1.33 bits per heavy atom. The van der Waals surface area contributed by atoms with Crippen LogP contribution in [0.5, 0.6) is 0 Å². The number of nitrogens with zero attached hydrogens (tertiary/aromatic N) is 2. The quantitative estimate of drug-likeness (QED) is 0.674. The van der Waals surface area contributed by atoms with Crippen molar-refractivity contribution in [2.24, 2.45) is 0 Å². The van der Waals surface area contributed by atoms with E-state index in [4.69, 9.17) is 15.0 Å². The molecule has 0 aromatic carbocycles. The van der Waals surface area contributed by atoms with Crippen LogP contribution in [0.1, 0.15) is 36.7 Å². The summed E-state index contributed by atoms with van der Waals surface area (Å²) < 4.78 is 33.3. The number of carbonyl (C=O) groups is 3. The molecule has 0 spiro atoms. The molecule has 0 saturated heterocycles. The third kappa shape index (κ3) is 8.06. The molecule has 0 saturated carbocycles. The highest BCUT2D eigenvalue weighted by molar-refractivity contribution is 5.93. The topological polar surface area (TPSA) is 120 Å². The lowest BCUT2D eigenvalue weighted by Crippen LogP contribution is -2.42. The predicted octanol–water partition coefficient (Wildman–Crippen LogP) is 0.788. The minimum absolute atomic E-state index is 0.00182. The number of carbonyl (C=O) groups excluding carboxylic acids is 1. The Hall–Kier alpha value is -2.72. The van der Waals surface area contributed by atoms with Gasteiger partial charge in [0.25, 0.3) is 5.91 Å². The van der Waals surface area contributed by atoms with E-state index < -0.39 is 18.1 Å². The number of alkyl halides is 3. The fourth-order valence-electron chi connectivity index (χ4n) is 1.37. The van der Waals surface area contributed by atoms with Crippen molar-refractivity contribution in [3.63, 3.8) is 0 Å². The van der Waals surface area contributed by atoms with Crippen LogP contribution < -0.4 is 10.00 Å².